The number of carbonyl (C=O) groups is 1. The van der Waals surface area contributed by atoms with E-state index in [1.807, 2.05) is 0 Å². The van der Waals surface area contributed by atoms with Crippen molar-refractivity contribution < 1.29 is 10.2 Å². The maximum Gasteiger partial charge on any atom is 0.356 e. The molecule has 1 amide bonds. The summed E-state index contributed by atoms with van der Waals surface area (Å²) < 4.78 is 0. The molecule has 0 aliphatic heterocycles. The lowest BCUT2D eigenvalue weighted by Crippen LogP contribution is -2.94. The minimum Gasteiger partial charge on any atom is -0.224 e. The van der Waals surface area contributed by atoms with Gasteiger partial charge in [0.1, 0.15) is 0 Å². The predicted molar refractivity (Wildman–Crippen MR) is 25.9 cm³/mol. The van der Waals surface area contributed by atoms with Crippen LogP contribution in [0.2, 0.25) is 0 Å². The molecule has 0 unspecified atom stereocenters. The summed E-state index contributed by atoms with van der Waals surface area (Å²) in [6.45, 7) is 4.98. The van der Waals surface area contributed by atoms with Crippen LogP contribution in [0.15, 0.2) is 12.2 Å². The Kier molecular flexibility index (Phi) is 2.26. The smallest absolute Gasteiger partial charge is 0.224 e. The number of primary amides is 1. The molecule has 0 saturated carbocycles. The minimum atomic E-state index is -0.194. The van der Waals surface area contributed by atoms with Crippen molar-refractivity contribution in [1.82, 2.24) is 0 Å². The molecule has 0 spiro atoms. The van der Waals surface area contributed by atoms with Crippen molar-refractivity contribution >= 4 is 5.91 Å². The van der Waals surface area contributed by atoms with Crippen molar-refractivity contribution in [2.45, 2.75) is 6.92 Å². The second-order valence-corrected chi connectivity index (χ2v) is 1.31. The van der Waals surface area contributed by atoms with Crippen LogP contribution in [0.4, 0.5) is 0 Å². The molecule has 0 rings (SSSR count). The molecule has 0 radical (unpaired) electrons. The van der Waals surface area contributed by atoms with Gasteiger partial charge in [0.05, 0.1) is 0 Å². The Balaban J connectivity index is 3.58. The van der Waals surface area contributed by atoms with Crippen molar-refractivity contribution in [3.63, 3.8) is 0 Å². The quantitative estimate of drug-likeness (QED) is 0.183. The lowest BCUT2D eigenvalue weighted by atomic mass is 10.3. The molecule has 0 aromatic heterocycles. The average molecular weight is 101 g/mol. The van der Waals surface area contributed by atoms with Crippen LogP contribution in [0, 0.1) is 0 Å². The van der Waals surface area contributed by atoms with Gasteiger partial charge in [-0.3, -0.25) is 0 Å². The van der Waals surface area contributed by atoms with E-state index in [-0.39, 0.29) is 5.91 Å². The van der Waals surface area contributed by atoms with Gasteiger partial charge in [-0.1, -0.05) is 6.58 Å². The number of nitrogens with two attached hydrogens (primary N) is 2. The van der Waals surface area contributed by atoms with E-state index in [9.17, 15) is 4.79 Å². The zero-order valence-electron chi connectivity index (χ0n) is 4.27. The molecule has 0 atom stereocenters. The van der Waals surface area contributed by atoms with Crippen LogP contribution in [-0.4, -0.2) is 5.91 Å². The van der Waals surface area contributed by atoms with Gasteiger partial charge in [0.15, 0.2) is 0 Å². The fraction of sp³-hybridized carbons (Fsp3) is 0.250. The van der Waals surface area contributed by atoms with Crippen LogP contribution in [0.3, 0.4) is 0 Å². The van der Waals surface area contributed by atoms with E-state index >= 15 is 0 Å². The molecule has 7 heavy (non-hydrogen) atoms. The minimum absolute atomic E-state index is 0.194. The molecular weight excluding hydrogens is 92.1 g/mol. The molecule has 3 nitrogen and oxygen atoms in total. The van der Waals surface area contributed by atoms with Gasteiger partial charge in [0, 0.05) is 5.57 Å². The summed E-state index contributed by atoms with van der Waals surface area (Å²) in [7, 11) is 0. The molecule has 0 bridgehead atoms. The van der Waals surface area contributed by atoms with E-state index in [1.165, 1.54) is 0 Å². The molecule has 3 heteroatoms. The zero-order chi connectivity index (χ0) is 5.86. The summed E-state index contributed by atoms with van der Waals surface area (Å²) in [5, 5.41) is 0. The summed E-state index contributed by atoms with van der Waals surface area (Å²) in [4.78, 5) is 10.2. The lowest BCUT2D eigenvalue weighted by Gasteiger charge is -1.85. The highest BCUT2D eigenvalue weighted by atomic mass is 16.2. The van der Waals surface area contributed by atoms with E-state index in [1.54, 1.807) is 6.92 Å². The van der Waals surface area contributed by atoms with E-state index in [0.717, 1.165) is 5.43 Å². The van der Waals surface area contributed by atoms with Crippen molar-refractivity contribution in [3.05, 3.63) is 12.2 Å². The van der Waals surface area contributed by atoms with Gasteiger partial charge in [-0.15, -0.1) is 0 Å². The van der Waals surface area contributed by atoms with Crippen LogP contribution < -0.4 is 11.3 Å². The molecule has 0 aliphatic carbocycles. The number of rotatable bonds is 1. The van der Waals surface area contributed by atoms with E-state index in [4.69, 9.17) is 5.84 Å². The summed E-state index contributed by atoms with van der Waals surface area (Å²) in [6.07, 6.45) is 0. The molecule has 0 aromatic carbocycles. The monoisotopic (exact) mass is 101 g/mol. The highest BCUT2D eigenvalue weighted by Crippen LogP contribution is 1.76. The number of hydrogen-bond donors (Lipinski definition) is 2. The molecule has 0 aliphatic rings. The highest BCUT2D eigenvalue weighted by Gasteiger charge is 1.99. The second-order valence-electron chi connectivity index (χ2n) is 1.31. The molecule has 0 aromatic rings. The number of hydrogen-bond acceptors (Lipinski definition) is 2. The van der Waals surface area contributed by atoms with Gasteiger partial charge < -0.3 is 0 Å². The topological polar surface area (TPSA) is 59.7 Å². The summed E-state index contributed by atoms with van der Waals surface area (Å²) in [6, 6.07) is 0. The second kappa shape index (κ2) is 2.49. The fourth-order valence-electron chi connectivity index (χ4n) is 0.142. The van der Waals surface area contributed by atoms with Crippen LogP contribution in [-0.2, 0) is 4.79 Å². The van der Waals surface area contributed by atoms with Crippen LogP contribution >= 0.6 is 0 Å². The Hall–Kier alpha value is -0.670. The van der Waals surface area contributed by atoms with Gasteiger partial charge >= 0.3 is 5.91 Å². The molecular formula is C4H9N2O+. The third kappa shape index (κ3) is 2.08. The first kappa shape index (κ1) is 6.33. The molecule has 0 saturated heterocycles. The van der Waals surface area contributed by atoms with Gasteiger partial charge in [-0.25, -0.2) is 10.2 Å². The number of quaternary nitrogens is 1. The Bertz CT molecular complexity index is 97.9. The van der Waals surface area contributed by atoms with Gasteiger partial charge in [-0.2, -0.15) is 5.84 Å². The molecule has 0 heterocycles. The molecule has 0 fully saturated rings. The Morgan fingerprint density at radius 2 is 2.29 bits per heavy atom. The van der Waals surface area contributed by atoms with E-state index < -0.39 is 0 Å². The van der Waals surface area contributed by atoms with Gasteiger partial charge in [-0.05, 0) is 6.92 Å². The largest absolute Gasteiger partial charge is 0.356 e. The zero-order valence-corrected chi connectivity index (χ0v) is 4.27. The van der Waals surface area contributed by atoms with Crippen molar-refractivity contribution in [2.24, 2.45) is 5.84 Å². The maximum atomic E-state index is 10.2. The molecule has 4 N–H and O–H groups in total. The van der Waals surface area contributed by atoms with Crippen molar-refractivity contribution in [3.8, 4) is 0 Å². The highest BCUT2D eigenvalue weighted by molar-refractivity contribution is 5.83. The van der Waals surface area contributed by atoms with Gasteiger partial charge in [0.2, 0.25) is 0 Å². The average Bonchev–Trinajstić information content (AvgIpc) is 1.65. The van der Waals surface area contributed by atoms with Crippen molar-refractivity contribution in [2.75, 3.05) is 0 Å². The Labute approximate surface area is 42.2 Å². The third-order valence-electron chi connectivity index (χ3n) is 0.572. The number of carbonyl (C=O) groups excluding carboxylic acids is 1. The first-order chi connectivity index (χ1) is 3.18. The van der Waals surface area contributed by atoms with Crippen LogP contribution in [0.25, 0.3) is 0 Å². The Morgan fingerprint density at radius 3 is 2.29 bits per heavy atom. The third-order valence-corrected chi connectivity index (χ3v) is 0.572. The van der Waals surface area contributed by atoms with E-state index in [0.29, 0.717) is 5.57 Å². The number of amides is 1. The lowest BCUT2D eigenvalue weighted by molar-refractivity contribution is -0.577. The predicted octanol–water partition coefficient (Wildman–Crippen LogP) is -1.47. The van der Waals surface area contributed by atoms with E-state index in [2.05, 4.69) is 6.58 Å². The summed E-state index contributed by atoms with van der Waals surface area (Å²) in [5.41, 5.74) is 1.48. The summed E-state index contributed by atoms with van der Waals surface area (Å²) in [5.74, 6) is 4.64. The normalized spacial score (nSPS) is 8.29. The first-order valence-electron chi connectivity index (χ1n) is 1.93. The van der Waals surface area contributed by atoms with Crippen LogP contribution in [0.1, 0.15) is 6.92 Å². The van der Waals surface area contributed by atoms with Gasteiger partial charge in [0.25, 0.3) is 0 Å². The summed E-state index contributed by atoms with van der Waals surface area (Å²) >= 11 is 0. The standard InChI is InChI=1S/C4H8N2O/c1-3(2)4(7)6-5/h1,5H2,2H3,(H,6,7)/p+1. The van der Waals surface area contributed by atoms with Crippen LogP contribution in [0.5, 0.6) is 0 Å². The SMILES string of the molecule is C=C(C)C(=O)[NH2+]N. The first-order valence-corrected chi connectivity index (χ1v) is 1.93. The fourth-order valence-corrected chi connectivity index (χ4v) is 0.142. The molecule has 40 valence electrons. The van der Waals surface area contributed by atoms with Crippen molar-refractivity contribution in [1.29, 1.82) is 0 Å². The Morgan fingerprint density at radius 1 is 1.86 bits per heavy atom. The maximum absolute atomic E-state index is 10.2.